The highest BCUT2D eigenvalue weighted by Gasteiger charge is 2.39. The number of rotatable bonds is 7. The lowest BCUT2D eigenvalue weighted by atomic mass is 9.99. The third kappa shape index (κ3) is 6.36. The topological polar surface area (TPSA) is 134 Å². The molecule has 0 spiro atoms. The number of anilines is 3. The van der Waals surface area contributed by atoms with Crippen molar-refractivity contribution in [1.29, 1.82) is 0 Å². The molecule has 3 N–H and O–H groups in total. The predicted molar refractivity (Wildman–Crippen MR) is 163 cm³/mol. The van der Waals surface area contributed by atoms with E-state index in [4.69, 9.17) is 9.26 Å². The van der Waals surface area contributed by atoms with Crippen LogP contribution in [-0.4, -0.2) is 63.7 Å². The van der Waals surface area contributed by atoms with Gasteiger partial charge in [-0.1, -0.05) is 36.0 Å². The first kappa shape index (κ1) is 27.8. The molecule has 0 aliphatic carbocycles. The molecule has 1 aromatic carbocycles. The summed E-state index contributed by atoms with van der Waals surface area (Å²) >= 11 is 0. The lowest BCUT2D eigenvalue weighted by Gasteiger charge is -2.47. The van der Waals surface area contributed by atoms with Crippen molar-refractivity contribution >= 4 is 46.2 Å². The van der Waals surface area contributed by atoms with Gasteiger partial charge in [0.2, 0.25) is 5.88 Å². The zero-order valence-corrected chi connectivity index (χ0v) is 23.9. The van der Waals surface area contributed by atoms with Crippen molar-refractivity contribution in [3.05, 3.63) is 67.2 Å². The Bertz CT molecular complexity index is 1610. The Morgan fingerprint density at radius 1 is 1.10 bits per heavy atom. The molecule has 4 heterocycles. The van der Waals surface area contributed by atoms with Crippen LogP contribution in [0.15, 0.2) is 71.0 Å². The van der Waals surface area contributed by atoms with Crippen LogP contribution in [0.5, 0.6) is 0 Å². The molecule has 3 aromatic heterocycles. The first-order valence-electron chi connectivity index (χ1n) is 13.2. The molecule has 0 saturated carbocycles. The maximum Gasteiger partial charge on any atom is 0.326 e. The van der Waals surface area contributed by atoms with Crippen LogP contribution in [0.25, 0.3) is 27.9 Å². The second-order valence-electron chi connectivity index (χ2n) is 11.1. The molecule has 0 bridgehead atoms. The first-order chi connectivity index (χ1) is 19.6. The van der Waals surface area contributed by atoms with E-state index in [-0.39, 0.29) is 17.1 Å². The van der Waals surface area contributed by atoms with Crippen molar-refractivity contribution in [2.45, 2.75) is 38.9 Å². The number of aromatic amines is 1. The van der Waals surface area contributed by atoms with Crippen LogP contribution in [0.2, 0.25) is 0 Å². The molecule has 2 amide bonds. The van der Waals surface area contributed by atoms with Crippen molar-refractivity contribution in [3.63, 3.8) is 0 Å². The number of carbonyl (C=O) groups is 1. The molecule has 212 valence electrons. The highest BCUT2D eigenvalue weighted by molar-refractivity contribution is 6.09. The van der Waals surface area contributed by atoms with Gasteiger partial charge in [-0.3, -0.25) is 10.3 Å². The standard InChI is InChI=1S/C30H34N8O3/c1-7-8-20(15-31-6)24-14-25(40-37-24)36-28(39)34-21-11-9-19(10-12-21)23-13-22-26(35-23)32-18-33-27(22)38-16-29(2,3)41-30(4,5)17-38/h7-15,18H,1,16-17H2,2-6H3,(H,32,33,35)(H2,34,36,39)/b20-8+,31-15?. The molecular formula is C30H34N8O3. The molecule has 1 saturated heterocycles. The van der Waals surface area contributed by atoms with E-state index in [1.807, 2.05) is 24.3 Å². The lowest BCUT2D eigenvalue weighted by molar-refractivity contribution is -0.133. The van der Waals surface area contributed by atoms with E-state index >= 15 is 0 Å². The molecule has 1 fully saturated rings. The summed E-state index contributed by atoms with van der Waals surface area (Å²) < 4.78 is 11.5. The number of nitrogens with one attached hydrogen (secondary N) is 3. The van der Waals surface area contributed by atoms with Gasteiger partial charge in [0.15, 0.2) is 0 Å². The van der Waals surface area contributed by atoms with E-state index in [1.165, 1.54) is 0 Å². The molecule has 0 radical (unpaired) electrons. The van der Waals surface area contributed by atoms with Crippen LogP contribution in [0.1, 0.15) is 33.4 Å². The quantitative estimate of drug-likeness (QED) is 0.191. The number of hydrogen-bond donors (Lipinski definition) is 3. The first-order valence-corrected chi connectivity index (χ1v) is 13.2. The molecule has 0 unspecified atom stereocenters. The lowest BCUT2D eigenvalue weighted by Crippen LogP contribution is -2.57. The van der Waals surface area contributed by atoms with Gasteiger partial charge in [0.25, 0.3) is 0 Å². The van der Waals surface area contributed by atoms with Crippen LogP contribution in [0.3, 0.4) is 0 Å². The van der Waals surface area contributed by atoms with Crippen molar-refractivity contribution in [3.8, 4) is 11.3 Å². The van der Waals surface area contributed by atoms with Crippen LogP contribution in [-0.2, 0) is 4.74 Å². The fraction of sp³-hybridized carbons (Fsp3) is 0.300. The van der Waals surface area contributed by atoms with E-state index < -0.39 is 6.03 Å². The number of ether oxygens (including phenoxy) is 1. The monoisotopic (exact) mass is 554 g/mol. The normalized spacial score (nSPS) is 16.7. The summed E-state index contributed by atoms with van der Waals surface area (Å²) in [5.74, 6) is 1.08. The van der Waals surface area contributed by atoms with Gasteiger partial charge in [-0.05, 0) is 51.5 Å². The molecular weight excluding hydrogens is 520 g/mol. The summed E-state index contributed by atoms with van der Waals surface area (Å²) in [6.07, 6.45) is 6.60. The zero-order chi connectivity index (χ0) is 29.2. The number of fused-ring (bicyclic) bond motifs is 1. The SMILES string of the molecule is C=C/C=C(\C=NC)c1cc(NC(=O)Nc2ccc(-c3cc4c(N5CC(C)(C)OC(C)(C)C5)ncnc4[nH]3)cc2)on1. The van der Waals surface area contributed by atoms with E-state index in [2.05, 4.69) is 81.0 Å². The Labute approximate surface area is 238 Å². The second kappa shape index (κ2) is 11.0. The Balaban J connectivity index is 1.29. The minimum atomic E-state index is -0.458. The highest BCUT2D eigenvalue weighted by atomic mass is 16.5. The molecule has 1 aliphatic rings. The number of hydrogen-bond acceptors (Lipinski definition) is 8. The van der Waals surface area contributed by atoms with Gasteiger partial charge < -0.3 is 24.5 Å². The van der Waals surface area contributed by atoms with Crippen LogP contribution in [0.4, 0.5) is 22.2 Å². The maximum absolute atomic E-state index is 12.6. The Hall–Kier alpha value is -4.77. The number of aromatic nitrogens is 4. The summed E-state index contributed by atoms with van der Waals surface area (Å²) in [5, 5.41) is 10.4. The molecule has 11 nitrogen and oxygen atoms in total. The second-order valence-corrected chi connectivity index (χ2v) is 11.1. The number of allylic oxidation sites excluding steroid dienone is 3. The van der Waals surface area contributed by atoms with Gasteiger partial charge in [-0.25, -0.2) is 14.8 Å². The van der Waals surface area contributed by atoms with Gasteiger partial charge in [0, 0.05) is 49.4 Å². The average Bonchev–Trinajstić information content (AvgIpc) is 3.54. The number of nitrogens with zero attached hydrogens (tertiary/aromatic N) is 5. The Morgan fingerprint density at radius 2 is 1.83 bits per heavy atom. The largest absolute Gasteiger partial charge is 0.366 e. The number of urea groups is 1. The fourth-order valence-electron chi connectivity index (χ4n) is 5.21. The third-order valence-electron chi connectivity index (χ3n) is 6.46. The molecule has 4 aromatic rings. The summed E-state index contributed by atoms with van der Waals surface area (Å²) in [7, 11) is 1.66. The minimum absolute atomic E-state index is 0.204. The summed E-state index contributed by atoms with van der Waals surface area (Å²) in [4.78, 5) is 31.3. The van der Waals surface area contributed by atoms with Crippen LogP contribution < -0.4 is 15.5 Å². The summed E-state index contributed by atoms with van der Waals surface area (Å²) in [6, 6.07) is 10.7. The van der Waals surface area contributed by atoms with Gasteiger partial charge >= 0.3 is 6.03 Å². The summed E-state index contributed by atoms with van der Waals surface area (Å²) in [6.45, 7) is 13.5. The molecule has 5 rings (SSSR count). The van der Waals surface area contributed by atoms with Crippen LogP contribution >= 0.6 is 0 Å². The van der Waals surface area contributed by atoms with Crippen molar-refractivity contribution in [1.82, 2.24) is 20.1 Å². The number of amides is 2. The van der Waals surface area contributed by atoms with E-state index in [1.54, 1.807) is 37.8 Å². The number of aliphatic imine (C=N–C) groups is 1. The van der Waals surface area contributed by atoms with Gasteiger partial charge in [-0.15, -0.1) is 0 Å². The smallest absolute Gasteiger partial charge is 0.326 e. The number of benzene rings is 1. The fourth-order valence-corrected chi connectivity index (χ4v) is 5.21. The zero-order valence-electron chi connectivity index (χ0n) is 23.9. The van der Waals surface area contributed by atoms with Crippen molar-refractivity contribution < 1.29 is 14.1 Å². The summed E-state index contributed by atoms with van der Waals surface area (Å²) in [5.41, 5.74) is 3.85. The van der Waals surface area contributed by atoms with E-state index in [0.29, 0.717) is 17.0 Å². The Kier molecular flexibility index (Phi) is 7.46. The maximum atomic E-state index is 12.6. The van der Waals surface area contributed by atoms with Crippen molar-refractivity contribution in [2.75, 3.05) is 35.7 Å². The number of carbonyl (C=O) groups excluding carboxylic acids is 1. The highest BCUT2D eigenvalue weighted by Crippen LogP contribution is 2.35. The van der Waals surface area contributed by atoms with Gasteiger partial charge in [-0.2, -0.15) is 0 Å². The third-order valence-corrected chi connectivity index (χ3v) is 6.46. The Morgan fingerprint density at radius 3 is 2.51 bits per heavy atom. The van der Waals surface area contributed by atoms with Crippen molar-refractivity contribution in [2.24, 2.45) is 4.99 Å². The van der Waals surface area contributed by atoms with Gasteiger partial charge in [0.05, 0.1) is 16.6 Å². The minimum Gasteiger partial charge on any atom is -0.366 e. The molecule has 1 aliphatic heterocycles. The molecule has 11 heteroatoms. The van der Waals surface area contributed by atoms with Gasteiger partial charge in [0.1, 0.15) is 23.5 Å². The molecule has 41 heavy (non-hydrogen) atoms. The average molecular weight is 555 g/mol. The predicted octanol–water partition coefficient (Wildman–Crippen LogP) is 5.92. The number of H-pyrrole nitrogens is 1. The molecule has 0 atom stereocenters. The van der Waals surface area contributed by atoms with Crippen LogP contribution in [0, 0.1) is 0 Å². The van der Waals surface area contributed by atoms with E-state index in [0.717, 1.165) is 41.2 Å². The number of morpholine rings is 1. The van der Waals surface area contributed by atoms with E-state index in [9.17, 15) is 4.79 Å².